The quantitative estimate of drug-likeness (QED) is 0.579. The van der Waals surface area contributed by atoms with Crippen molar-refractivity contribution in [3.05, 3.63) is 65.2 Å². The fourth-order valence-corrected chi connectivity index (χ4v) is 7.17. The summed E-state index contributed by atoms with van der Waals surface area (Å²) in [6.07, 6.45) is 6.52. The first-order chi connectivity index (χ1) is 15.7. The Morgan fingerprint density at radius 1 is 1.03 bits per heavy atom. The van der Waals surface area contributed by atoms with E-state index in [2.05, 4.69) is 55.5 Å². The van der Waals surface area contributed by atoms with Crippen LogP contribution in [0.4, 0.5) is 0 Å². The van der Waals surface area contributed by atoms with Crippen molar-refractivity contribution in [2.45, 2.75) is 84.0 Å². The fourth-order valence-electron chi connectivity index (χ4n) is 7.17. The van der Waals surface area contributed by atoms with E-state index in [1.807, 2.05) is 13.8 Å². The van der Waals surface area contributed by atoms with Crippen molar-refractivity contribution in [1.82, 2.24) is 0 Å². The molecule has 2 saturated carbocycles. The molecule has 3 aliphatic carbocycles. The van der Waals surface area contributed by atoms with Gasteiger partial charge in [0, 0.05) is 11.3 Å². The Hall–Kier alpha value is -1.84. The van der Waals surface area contributed by atoms with Crippen LogP contribution in [0.5, 0.6) is 5.75 Å². The Labute approximate surface area is 194 Å². The highest BCUT2D eigenvalue weighted by Gasteiger charge is 2.59. The number of hydrogen-bond acceptors (Lipinski definition) is 3. The molecule has 32 heavy (non-hydrogen) atoms. The van der Waals surface area contributed by atoms with Crippen LogP contribution in [0.2, 0.25) is 0 Å². The van der Waals surface area contributed by atoms with Gasteiger partial charge < -0.3 is 14.6 Å². The molecule has 6 unspecified atom stereocenters. The second-order valence-electron chi connectivity index (χ2n) is 9.62. The molecule has 2 aromatic carbocycles. The normalized spacial score (nSPS) is 32.7. The molecule has 0 amide bonds. The van der Waals surface area contributed by atoms with E-state index in [9.17, 15) is 5.11 Å². The van der Waals surface area contributed by atoms with E-state index < -0.39 is 0 Å². The molecular weight excluding hydrogens is 396 g/mol. The zero-order valence-corrected chi connectivity index (χ0v) is 20.2. The smallest absolute Gasteiger partial charge is 0.119 e. The highest BCUT2D eigenvalue weighted by molar-refractivity contribution is 5.41. The molecule has 3 heteroatoms. The van der Waals surface area contributed by atoms with E-state index in [-0.39, 0.29) is 23.5 Å². The van der Waals surface area contributed by atoms with Crippen LogP contribution in [0.25, 0.3) is 0 Å². The summed E-state index contributed by atoms with van der Waals surface area (Å²) in [5, 5.41) is 11.4. The van der Waals surface area contributed by atoms with Crippen LogP contribution in [-0.4, -0.2) is 24.4 Å². The van der Waals surface area contributed by atoms with Crippen LogP contribution in [0, 0.1) is 17.3 Å². The maximum Gasteiger partial charge on any atom is 0.119 e. The molecule has 0 spiro atoms. The molecule has 3 nitrogen and oxygen atoms in total. The van der Waals surface area contributed by atoms with Crippen molar-refractivity contribution in [2.75, 3.05) is 7.11 Å². The molecular formula is C29H40O3. The predicted molar refractivity (Wildman–Crippen MR) is 130 cm³/mol. The Morgan fingerprint density at radius 2 is 1.81 bits per heavy atom. The molecule has 0 radical (unpaired) electrons. The molecule has 174 valence electrons. The second kappa shape index (κ2) is 9.97. The molecule has 0 heterocycles. The molecule has 0 aliphatic heterocycles. The van der Waals surface area contributed by atoms with Crippen LogP contribution in [0.1, 0.15) is 75.5 Å². The zero-order chi connectivity index (χ0) is 22.7. The highest BCUT2D eigenvalue weighted by Crippen LogP contribution is 2.63. The molecule has 0 saturated heterocycles. The number of aliphatic hydroxyl groups excluding tert-OH is 1. The van der Waals surface area contributed by atoms with Crippen molar-refractivity contribution < 1.29 is 14.6 Å². The van der Waals surface area contributed by atoms with Crippen LogP contribution in [0.3, 0.4) is 0 Å². The average Bonchev–Trinajstić information content (AvgIpc) is 3.22. The highest BCUT2D eigenvalue weighted by atomic mass is 16.5. The predicted octanol–water partition coefficient (Wildman–Crippen LogP) is 6.52. The summed E-state index contributed by atoms with van der Waals surface area (Å²) in [6, 6.07) is 17.0. The van der Waals surface area contributed by atoms with Gasteiger partial charge in [-0.1, -0.05) is 57.2 Å². The number of fused-ring (bicyclic) bond motifs is 5. The third-order valence-corrected chi connectivity index (χ3v) is 8.51. The number of ether oxygens (including phenoxy) is 2. The number of rotatable bonds is 5. The molecule has 0 bridgehead atoms. The second-order valence-corrected chi connectivity index (χ2v) is 9.62. The standard InChI is InChI=1S/C27H34O3.C2H6/c1-3-27-16-24(28)26-21-12-10-20(29-2)15-19(21)9-11-22(26)23(27)13-14-25(27)30-17-18-7-5-4-6-8-18;1-2/h4-8,10,12,15,22-26,28H,3,9,11,13-14,16-17H2,1-2H3;1-2H3. The summed E-state index contributed by atoms with van der Waals surface area (Å²) in [5.41, 5.74) is 4.08. The van der Waals surface area contributed by atoms with Crippen LogP contribution in [0.15, 0.2) is 48.5 Å². The molecule has 5 rings (SSSR count). The summed E-state index contributed by atoms with van der Waals surface area (Å²) in [5.74, 6) is 2.39. The fraction of sp³-hybridized carbons (Fsp3) is 0.586. The van der Waals surface area contributed by atoms with Gasteiger partial charge in [0.25, 0.3) is 0 Å². The summed E-state index contributed by atoms with van der Waals surface area (Å²) in [6.45, 7) is 6.98. The maximum absolute atomic E-state index is 11.4. The Kier molecular flexibility index (Phi) is 7.27. The van der Waals surface area contributed by atoms with Gasteiger partial charge >= 0.3 is 0 Å². The van der Waals surface area contributed by atoms with Crippen LogP contribution >= 0.6 is 0 Å². The lowest BCUT2D eigenvalue weighted by Crippen LogP contribution is -2.51. The van der Waals surface area contributed by atoms with Gasteiger partial charge in [-0.05, 0) is 79.2 Å². The van der Waals surface area contributed by atoms with Gasteiger partial charge in [-0.25, -0.2) is 0 Å². The number of aryl methyl sites for hydroxylation is 1. The van der Waals surface area contributed by atoms with Crippen molar-refractivity contribution in [3.8, 4) is 5.75 Å². The average molecular weight is 437 g/mol. The summed E-state index contributed by atoms with van der Waals surface area (Å²) in [7, 11) is 1.73. The monoisotopic (exact) mass is 436 g/mol. The molecule has 1 N–H and O–H groups in total. The van der Waals surface area contributed by atoms with Gasteiger partial charge in [0.05, 0.1) is 25.9 Å². The lowest BCUT2D eigenvalue weighted by molar-refractivity contribution is -0.118. The van der Waals surface area contributed by atoms with Crippen molar-refractivity contribution in [1.29, 1.82) is 0 Å². The third kappa shape index (κ3) is 3.99. The summed E-state index contributed by atoms with van der Waals surface area (Å²) >= 11 is 0. The van der Waals surface area contributed by atoms with Gasteiger partial charge in [0.2, 0.25) is 0 Å². The Balaban J connectivity index is 0.00000119. The molecule has 2 aromatic rings. The number of hydrogen-bond donors (Lipinski definition) is 1. The maximum atomic E-state index is 11.4. The van der Waals surface area contributed by atoms with E-state index in [0.29, 0.717) is 18.4 Å². The lowest BCUT2D eigenvalue weighted by Gasteiger charge is -2.54. The van der Waals surface area contributed by atoms with Crippen LogP contribution < -0.4 is 4.74 Å². The number of benzene rings is 2. The number of methoxy groups -OCH3 is 1. The minimum absolute atomic E-state index is 0.110. The van der Waals surface area contributed by atoms with Crippen LogP contribution in [-0.2, 0) is 17.8 Å². The first-order valence-electron chi connectivity index (χ1n) is 12.7. The van der Waals surface area contributed by atoms with Gasteiger partial charge in [0.1, 0.15) is 5.75 Å². The third-order valence-electron chi connectivity index (χ3n) is 8.51. The van der Waals surface area contributed by atoms with E-state index in [4.69, 9.17) is 9.47 Å². The van der Waals surface area contributed by atoms with E-state index in [1.54, 1.807) is 7.11 Å². The summed E-state index contributed by atoms with van der Waals surface area (Å²) < 4.78 is 12.0. The number of aliphatic hydroxyl groups is 1. The van der Waals surface area contributed by atoms with E-state index in [1.165, 1.54) is 29.5 Å². The van der Waals surface area contributed by atoms with Crippen molar-refractivity contribution in [2.24, 2.45) is 17.3 Å². The molecule has 0 aromatic heterocycles. The first-order valence-corrected chi connectivity index (χ1v) is 12.7. The Morgan fingerprint density at radius 3 is 2.53 bits per heavy atom. The van der Waals surface area contributed by atoms with Gasteiger partial charge in [-0.15, -0.1) is 0 Å². The van der Waals surface area contributed by atoms with Gasteiger partial charge in [-0.2, -0.15) is 0 Å². The topological polar surface area (TPSA) is 38.7 Å². The Bertz CT molecular complexity index is 879. The largest absolute Gasteiger partial charge is 0.497 e. The summed E-state index contributed by atoms with van der Waals surface area (Å²) in [4.78, 5) is 0. The van der Waals surface area contributed by atoms with E-state index >= 15 is 0 Å². The minimum Gasteiger partial charge on any atom is -0.497 e. The SMILES string of the molecule is CC.CCC12CC(O)C3c4ccc(OC)cc4CCC3C1CCC2OCc1ccccc1. The lowest BCUT2D eigenvalue weighted by atomic mass is 9.53. The van der Waals surface area contributed by atoms with Gasteiger partial charge in [0.15, 0.2) is 0 Å². The van der Waals surface area contributed by atoms with E-state index in [0.717, 1.165) is 31.4 Å². The zero-order valence-electron chi connectivity index (χ0n) is 20.2. The van der Waals surface area contributed by atoms with Crippen molar-refractivity contribution in [3.63, 3.8) is 0 Å². The molecule has 2 fully saturated rings. The molecule has 3 aliphatic rings. The molecule has 6 atom stereocenters. The minimum atomic E-state index is -0.292. The van der Waals surface area contributed by atoms with Gasteiger partial charge in [-0.3, -0.25) is 0 Å². The first kappa shape index (κ1) is 23.3. The van der Waals surface area contributed by atoms with Crippen molar-refractivity contribution >= 4 is 0 Å².